The smallest absolute Gasteiger partial charge is 0.417 e. The van der Waals surface area contributed by atoms with Gasteiger partial charge in [0.2, 0.25) is 0 Å². The van der Waals surface area contributed by atoms with Crippen molar-refractivity contribution in [3.05, 3.63) is 107 Å². The second-order valence-corrected chi connectivity index (χ2v) is 7.34. The van der Waals surface area contributed by atoms with Crippen LogP contribution in [-0.2, 0) is 0 Å². The second kappa shape index (κ2) is 7.20. The standard InChI is InChI=1S/C26H18F3NO/c1-31-20-11-12-21-19(15-20)16-22(26(27,28)29)24(21)25(18-8-3-2-4-9-18)30-14-13-17-7-5-6-10-23(17)30/h2-16H,1H3. The van der Waals surface area contributed by atoms with E-state index in [1.165, 1.54) is 13.2 Å². The molecule has 1 heterocycles. The van der Waals surface area contributed by atoms with Gasteiger partial charge in [-0.15, -0.1) is 0 Å². The van der Waals surface area contributed by atoms with Crippen molar-refractivity contribution in [3.63, 3.8) is 0 Å². The predicted molar refractivity (Wildman–Crippen MR) is 118 cm³/mol. The van der Waals surface area contributed by atoms with Crippen LogP contribution in [0.4, 0.5) is 13.2 Å². The molecule has 154 valence electrons. The number of para-hydroxylation sites is 1. The zero-order valence-electron chi connectivity index (χ0n) is 16.6. The van der Waals surface area contributed by atoms with Crippen LogP contribution in [0.2, 0.25) is 0 Å². The summed E-state index contributed by atoms with van der Waals surface area (Å²) in [6.45, 7) is 0. The Bertz CT molecular complexity index is 1340. The molecule has 0 fully saturated rings. The minimum Gasteiger partial charge on any atom is -0.497 e. The third-order valence-electron chi connectivity index (χ3n) is 5.53. The average molecular weight is 417 g/mol. The topological polar surface area (TPSA) is 14.2 Å². The van der Waals surface area contributed by atoms with Crippen molar-refractivity contribution < 1.29 is 17.9 Å². The van der Waals surface area contributed by atoms with E-state index in [0.717, 1.165) is 10.9 Å². The van der Waals surface area contributed by atoms with Crippen LogP contribution in [0.1, 0.15) is 16.7 Å². The monoisotopic (exact) mass is 417 g/mol. The first kappa shape index (κ1) is 19.2. The van der Waals surface area contributed by atoms with Crippen molar-refractivity contribution in [1.29, 1.82) is 0 Å². The van der Waals surface area contributed by atoms with Gasteiger partial charge in [-0.1, -0.05) is 54.6 Å². The zero-order chi connectivity index (χ0) is 21.6. The maximum absolute atomic E-state index is 14.2. The molecule has 31 heavy (non-hydrogen) atoms. The summed E-state index contributed by atoms with van der Waals surface area (Å²) >= 11 is 0. The summed E-state index contributed by atoms with van der Waals surface area (Å²) in [5.41, 5.74) is 2.57. The summed E-state index contributed by atoms with van der Waals surface area (Å²) in [4.78, 5) is 0. The lowest BCUT2D eigenvalue weighted by Crippen LogP contribution is -2.13. The number of allylic oxidation sites excluding steroid dienone is 2. The first-order valence-corrected chi connectivity index (χ1v) is 9.81. The number of benzene rings is 3. The van der Waals surface area contributed by atoms with Crippen LogP contribution in [0, 0.1) is 0 Å². The minimum atomic E-state index is -4.51. The molecule has 0 bridgehead atoms. The van der Waals surface area contributed by atoms with Crippen molar-refractivity contribution in [2.24, 2.45) is 0 Å². The zero-order valence-corrected chi connectivity index (χ0v) is 16.6. The summed E-state index contributed by atoms with van der Waals surface area (Å²) < 4.78 is 49.8. The third-order valence-corrected chi connectivity index (χ3v) is 5.53. The molecule has 0 unspecified atom stereocenters. The van der Waals surface area contributed by atoms with Gasteiger partial charge in [0.15, 0.2) is 0 Å². The normalized spacial score (nSPS) is 15.0. The number of nitrogens with zero attached hydrogens (tertiary/aromatic N) is 1. The SMILES string of the molecule is COc1ccc2c(c1)C=C(C(F)(F)F)C2=C(c1ccccc1)n1ccc2ccccc21. The van der Waals surface area contributed by atoms with Gasteiger partial charge in [-0.2, -0.15) is 13.2 Å². The maximum Gasteiger partial charge on any atom is 0.417 e. The number of alkyl halides is 3. The number of halogens is 3. The number of hydrogen-bond donors (Lipinski definition) is 0. The number of hydrogen-bond acceptors (Lipinski definition) is 1. The fraction of sp³-hybridized carbons (Fsp3) is 0.0769. The Labute approximate surface area is 177 Å². The van der Waals surface area contributed by atoms with Gasteiger partial charge in [-0.25, -0.2) is 0 Å². The summed E-state index contributed by atoms with van der Waals surface area (Å²) in [5.74, 6) is 0.519. The van der Waals surface area contributed by atoms with Crippen LogP contribution >= 0.6 is 0 Å². The molecule has 1 aliphatic rings. The molecule has 0 amide bonds. The number of rotatable bonds is 3. The van der Waals surface area contributed by atoms with E-state index >= 15 is 0 Å². The van der Waals surface area contributed by atoms with E-state index in [0.29, 0.717) is 28.1 Å². The molecule has 0 atom stereocenters. The van der Waals surface area contributed by atoms with E-state index in [2.05, 4.69) is 0 Å². The van der Waals surface area contributed by atoms with Crippen LogP contribution in [-0.4, -0.2) is 17.9 Å². The molecule has 0 saturated carbocycles. The molecule has 0 spiro atoms. The Balaban J connectivity index is 1.90. The van der Waals surface area contributed by atoms with Crippen molar-refractivity contribution in [2.45, 2.75) is 6.18 Å². The van der Waals surface area contributed by atoms with Gasteiger partial charge in [-0.3, -0.25) is 0 Å². The highest BCUT2D eigenvalue weighted by atomic mass is 19.4. The second-order valence-electron chi connectivity index (χ2n) is 7.34. The number of fused-ring (bicyclic) bond motifs is 2. The molecule has 0 saturated heterocycles. The van der Waals surface area contributed by atoms with Crippen molar-refractivity contribution >= 4 is 28.2 Å². The molecular weight excluding hydrogens is 399 g/mol. The summed E-state index contributed by atoms with van der Waals surface area (Å²) in [7, 11) is 1.50. The predicted octanol–water partition coefficient (Wildman–Crippen LogP) is 7.03. The fourth-order valence-corrected chi connectivity index (χ4v) is 4.14. The van der Waals surface area contributed by atoms with Gasteiger partial charge >= 0.3 is 6.18 Å². The maximum atomic E-state index is 14.2. The fourth-order valence-electron chi connectivity index (χ4n) is 4.14. The largest absolute Gasteiger partial charge is 0.497 e. The molecule has 0 radical (unpaired) electrons. The van der Waals surface area contributed by atoms with E-state index in [-0.39, 0.29) is 5.57 Å². The van der Waals surface area contributed by atoms with Gasteiger partial charge in [0.25, 0.3) is 0 Å². The summed E-state index contributed by atoms with van der Waals surface area (Å²) in [6.07, 6.45) is -1.47. The van der Waals surface area contributed by atoms with Crippen LogP contribution in [0.25, 0.3) is 28.2 Å². The molecule has 5 heteroatoms. The highest BCUT2D eigenvalue weighted by Gasteiger charge is 2.41. The van der Waals surface area contributed by atoms with Gasteiger partial charge < -0.3 is 9.30 Å². The van der Waals surface area contributed by atoms with Crippen LogP contribution in [0.5, 0.6) is 5.75 Å². The van der Waals surface area contributed by atoms with Crippen molar-refractivity contribution in [1.82, 2.24) is 4.57 Å². The number of aromatic nitrogens is 1. The molecule has 2 nitrogen and oxygen atoms in total. The minimum absolute atomic E-state index is 0.165. The van der Waals surface area contributed by atoms with Gasteiger partial charge in [0.1, 0.15) is 5.75 Å². The highest BCUT2D eigenvalue weighted by molar-refractivity contribution is 6.08. The Morgan fingerprint density at radius 3 is 2.35 bits per heavy atom. The highest BCUT2D eigenvalue weighted by Crippen LogP contribution is 2.48. The number of ether oxygens (including phenoxy) is 1. The van der Waals surface area contributed by atoms with Crippen molar-refractivity contribution in [3.8, 4) is 5.75 Å². The Morgan fingerprint density at radius 2 is 1.61 bits per heavy atom. The third kappa shape index (κ3) is 3.22. The average Bonchev–Trinajstić information content (AvgIpc) is 3.37. The van der Waals surface area contributed by atoms with E-state index < -0.39 is 11.7 Å². The molecule has 0 N–H and O–H groups in total. The molecular formula is C26H18F3NO. The van der Waals surface area contributed by atoms with Gasteiger partial charge in [0, 0.05) is 11.8 Å². The van der Waals surface area contributed by atoms with Gasteiger partial charge in [0.05, 0.1) is 23.9 Å². The molecule has 1 aromatic heterocycles. The van der Waals surface area contributed by atoms with Crippen LogP contribution in [0.3, 0.4) is 0 Å². The Morgan fingerprint density at radius 1 is 0.871 bits per heavy atom. The molecule has 5 rings (SSSR count). The van der Waals surface area contributed by atoms with Gasteiger partial charge in [-0.05, 0) is 52.4 Å². The Hall–Kier alpha value is -3.73. The first-order valence-electron chi connectivity index (χ1n) is 9.81. The quantitative estimate of drug-likeness (QED) is 0.349. The molecule has 4 aromatic rings. The first-order chi connectivity index (χ1) is 15.0. The summed E-state index contributed by atoms with van der Waals surface area (Å²) in [5, 5.41) is 0.960. The lowest BCUT2D eigenvalue weighted by Gasteiger charge is -2.20. The van der Waals surface area contributed by atoms with Crippen molar-refractivity contribution in [2.75, 3.05) is 7.11 Å². The number of methoxy groups -OCH3 is 1. The summed E-state index contributed by atoms with van der Waals surface area (Å²) in [6, 6.07) is 23.8. The van der Waals surface area contributed by atoms with Crippen LogP contribution in [0.15, 0.2) is 90.6 Å². The van der Waals surface area contributed by atoms with E-state index in [9.17, 15) is 13.2 Å². The Kier molecular flexibility index (Phi) is 4.47. The van der Waals surface area contributed by atoms with E-state index in [1.54, 1.807) is 18.2 Å². The molecule has 0 aliphatic heterocycles. The molecule has 3 aromatic carbocycles. The van der Waals surface area contributed by atoms with E-state index in [4.69, 9.17) is 4.74 Å². The lowest BCUT2D eigenvalue weighted by molar-refractivity contribution is -0.0859. The molecule has 1 aliphatic carbocycles. The van der Waals surface area contributed by atoms with E-state index in [1.807, 2.05) is 71.4 Å². The lowest BCUT2D eigenvalue weighted by atomic mass is 9.96. The van der Waals surface area contributed by atoms with Crippen LogP contribution < -0.4 is 4.74 Å².